The minimum Gasteiger partial charge on any atom is -0.480 e. The molecular weight excluding hydrogens is 351 g/mol. The Kier molecular flexibility index (Phi) is 6.77. The zero-order valence-corrected chi connectivity index (χ0v) is 13.1. The Morgan fingerprint density at radius 2 is 2.20 bits per heavy atom. The van der Waals surface area contributed by atoms with E-state index in [1.54, 1.807) is 18.2 Å². The molecule has 1 aromatic carbocycles. The van der Waals surface area contributed by atoms with E-state index in [9.17, 15) is 9.59 Å². The van der Waals surface area contributed by atoms with Crippen LogP contribution in [0.25, 0.3) is 0 Å². The van der Waals surface area contributed by atoms with Crippen LogP contribution < -0.4 is 5.32 Å². The van der Waals surface area contributed by atoms with Gasteiger partial charge in [0.05, 0.1) is 12.3 Å². The number of halogens is 2. The number of carboxylic acid groups (broad SMARTS) is 1. The van der Waals surface area contributed by atoms with Crippen molar-refractivity contribution in [3.8, 4) is 0 Å². The lowest BCUT2D eigenvalue weighted by molar-refractivity contribution is -0.137. The largest absolute Gasteiger partial charge is 0.480 e. The average Bonchev–Trinajstić information content (AvgIpc) is 2.37. The second kappa shape index (κ2) is 8.08. The standard InChI is InChI=1S/C12H14BrClN2O4/c1-20-5-4-16(7-11(17)18)12(19)15-10-3-2-8(14)6-9(10)13/h2-3,6H,4-5,7H2,1H3,(H,15,19)(H,17,18). The Morgan fingerprint density at radius 1 is 1.50 bits per heavy atom. The number of hydrogen-bond donors (Lipinski definition) is 2. The van der Waals surface area contributed by atoms with Crippen molar-refractivity contribution in [2.75, 3.05) is 32.1 Å². The summed E-state index contributed by atoms with van der Waals surface area (Å²) in [4.78, 5) is 23.9. The molecule has 0 atom stereocenters. The molecule has 0 spiro atoms. The van der Waals surface area contributed by atoms with E-state index in [4.69, 9.17) is 21.4 Å². The predicted octanol–water partition coefficient (Wildman–Crippen LogP) is 2.67. The van der Waals surface area contributed by atoms with Crippen LogP contribution in [0.3, 0.4) is 0 Å². The predicted molar refractivity (Wildman–Crippen MR) is 79.3 cm³/mol. The number of aliphatic carboxylic acids is 1. The van der Waals surface area contributed by atoms with E-state index in [1.807, 2.05) is 0 Å². The highest BCUT2D eigenvalue weighted by Crippen LogP contribution is 2.26. The maximum atomic E-state index is 12.0. The van der Waals surface area contributed by atoms with Crippen molar-refractivity contribution >= 4 is 45.2 Å². The summed E-state index contributed by atoms with van der Waals surface area (Å²) < 4.78 is 5.46. The molecule has 0 aliphatic carbocycles. The molecule has 0 aliphatic rings. The normalized spacial score (nSPS) is 10.2. The van der Waals surface area contributed by atoms with Gasteiger partial charge >= 0.3 is 12.0 Å². The van der Waals surface area contributed by atoms with E-state index < -0.39 is 18.5 Å². The lowest BCUT2D eigenvalue weighted by Gasteiger charge is -2.21. The monoisotopic (exact) mass is 364 g/mol. The molecule has 110 valence electrons. The number of urea groups is 1. The maximum absolute atomic E-state index is 12.0. The van der Waals surface area contributed by atoms with Crippen LogP contribution in [0.4, 0.5) is 10.5 Å². The molecule has 6 nitrogen and oxygen atoms in total. The van der Waals surface area contributed by atoms with E-state index in [2.05, 4.69) is 21.2 Å². The van der Waals surface area contributed by atoms with Crippen LogP contribution in [0.2, 0.25) is 5.02 Å². The number of benzene rings is 1. The molecule has 0 saturated heterocycles. The number of amides is 2. The van der Waals surface area contributed by atoms with Gasteiger partial charge in [-0.25, -0.2) is 4.79 Å². The Bertz CT molecular complexity index is 498. The van der Waals surface area contributed by atoms with Gasteiger partial charge in [0, 0.05) is 23.1 Å². The van der Waals surface area contributed by atoms with Gasteiger partial charge in [0.2, 0.25) is 0 Å². The van der Waals surface area contributed by atoms with Crippen LogP contribution >= 0.6 is 27.5 Å². The summed E-state index contributed by atoms with van der Waals surface area (Å²) in [5.41, 5.74) is 0.507. The molecule has 1 rings (SSSR count). The first kappa shape index (κ1) is 16.7. The van der Waals surface area contributed by atoms with E-state index in [0.717, 1.165) is 4.90 Å². The van der Waals surface area contributed by atoms with Gasteiger partial charge < -0.3 is 20.1 Å². The smallest absolute Gasteiger partial charge is 0.323 e. The summed E-state index contributed by atoms with van der Waals surface area (Å²) in [7, 11) is 1.48. The van der Waals surface area contributed by atoms with Crippen molar-refractivity contribution < 1.29 is 19.4 Å². The number of methoxy groups -OCH3 is 1. The summed E-state index contributed by atoms with van der Waals surface area (Å²) in [6.07, 6.45) is 0. The fraction of sp³-hybridized carbons (Fsp3) is 0.333. The van der Waals surface area contributed by atoms with Crippen molar-refractivity contribution in [3.05, 3.63) is 27.7 Å². The van der Waals surface area contributed by atoms with Gasteiger partial charge in [0.1, 0.15) is 6.54 Å². The molecule has 0 unspecified atom stereocenters. The van der Waals surface area contributed by atoms with Crippen molar-refractivity contribution in [3.63, 3.8) is 0 Å². The highest BCUT2D eigenvalue weighted by atomic mass is 79.9. The van der Waals surface area contributed by atoms with Gasteiger partial charge in [-0.1, -0.05) is 11.6 Å². The number of nitrogens with one attached hydrogen (secondary N) is 1. The van der Waals surface area contributed by atoms with Gasteiger partial charge in [-0.3, -0.25) is 4.79 Å². The molecule has 20 heavy (non-hydrogen) atoms. The molecule has 2 N–H and O–H groups in total. The summed E-state index contributed by atoms with van der Waals surface area (Å²) in [5.74, 6) is -1.09. The van der Waals surface area contributed by atoms with E-state index in [1.165, 1.54) is 7.11 Å². The maximum Gasteiger partial charge on any atom is 0.323 e. The topological polar surface area (TPSA) is 78.9 Å². The summed E-state index contributed by atoms with van der Waals surface area (Å²) in [5, 5.41) is 11.9. The minimum absolute atomic E-state index is 0.180. The first-order valence-electron chi connectivity index (χ1n) is 5.65. The Hall–Kier alpha value is -1.31. The molecular formula is C12H14BrClN2O4. The third-order valence-electron chi connectivity index (χ3n) is 2.35. The van der Waals surface area contributed by atoms with Gasteiger partial charge in [-0.05, 0) is 34.1 Å². The molecule has 0 heterocycles. The number of rotatable bonds is 6. The highest BCUT2D eigenvalue weighted by Gasteiger charge is 2.17. The van der Waals surface area contributed by atoms with Gasteiger partial charge in [0.25, 0.3) is 0 Å². The number of hydrogen-bond acceptors (Lipinski definition) is 3. The van der Waals surface area contributed by atoms with Crippen LogP contribution in [0.5, 0.6) is 0 Å². The molecule has 0 fully saturated rings. The lowest BCUT2D eigenvalue weighted by atomic mass is 10.3. The van der Waals surface area contributed by atoms with Crippen LogP contribution in [0.15, 0.2) is 22.7 Å². The van der Waals surface area contributed by atoms with Crippen LogP contribution in [-0.2, 0) is 9.53 Å². The van der Waals surface area contributed by atoms with E-state index >= 15 is 0 Å². The molecule has 0 radical (unpaired) electrons. The highest BCUT2D eigenvalue weighted by molar-refractivity contribution is 9.10. The number of carbonyl (C=O) groups excluding carboxylic acids is 1. The van der Waals surface area contributed by atoms with Gasteiger partial charge in [-0.2, -0.15) is 0 Å². The second-order valence-electron chi connectivity index (χ2n) is 3.86. The summed E-state index contributed by atoms with van der Waals surface area (Å²) in [6.45, 7) is 0.0305. The summed E-state index contributed by atoms with van der Waals surface area (Å²) >= 11 is 9.08. The number of nitrogens with zero attached hydrogens (tertiary/aromatic N) is 1. The van der Waals surface area contributed by atoms with E-state index in [0.29, 0.717) is 15.2 Å². The molecule has 0 aromatic heterocycles. The van der Waals surface area contributed by atoms with Crippen molar-refractivity contribution in [1.82, 2.24) is 4.90 Å². The summed E-state index contributed by atoms with van der Waals surface area (Å²) in [6, 6.07) is 4.36. The molecule has 1 aromatic rings. The van der Waals surface area contributed by atoms with Crippen molar-refractivity contribution in [2.45, 2.75) is 0 Å². The van der Waals surface area contributed by atoms with Crippen molar-refractivity contribution in [2.24, 2.45) is 0 Å². The molecule has 0 aliphatic heterocycles. The molecule has 0 saturated carbocycles. The third kappa shape index (κ3) is 5.36. The second-order valence-corrected chi connectivity index (χ2v) is 5.15. The lowest BCUT2D eigenvalue weighted by Crippen LogP contribution is -2.40. The molecule has 0 bridgehead atoms. The van der Waals surface area contributed by atoms with Gasteiger partial charge in [0.15, 0.2) is 0 Å². The fourth-order valence-corrected chi connectivity index (χ4v) is 2.18. The number of anilines is 1. The third-order valence-corrected chi connectivity index (χ3v) is 3.24. The SMILES string of the molecule is COCCN(CC(=O)O)C(=O)Nc1ccc(Cl)cc1Br. The van der Waals surface area contributed by atoms with E-state index in [-0.39, 0.29) is 13.2 Å². The number of ether oxygens (including phenoxy) is 1. The Balaban J connectivity index is 2.76. The molecule has 8 heteroatoms. The van der Waals surface area contributed by atoms with Crippen LogP contribution in [0.1, 0.15) is 0 Å². The minimum atomic E-state index is -1.09. The Labute approximate surface area is 129 Å². The van der Waals surface area contributed by atoms with Crippen LogP contribution in [-0.4, -0.2) is 48.8 Å². The van der Waals surface area contributed by atoms with Crippen molar-refractivity contribution in [1.29, 1.82) is 0 Å². The zero-order chi connectivity index (χ0) is 15.1. The first-order chi connectivity index (χ1) is 9.43. The fourth-order valence-electron chi connectivity index (χ4n) is 1.40. The molecule has 2 amide bonds. The van der Waals surface area contributed by atoms with Gasteiger partial charge in [-0.15, -0.1) is 0 Å². The van der Waals surface area contributed by atoms with Crippen LogP contribution in [0, 0.1) is 0 Å². The number of carbonyl (C=O) groups is 2. The number of carboxylic acids is 1. The quantitative estimate of drug-likeness (QED) is 0.812. The first-order valence-corrected chi connectivity index (χ1v) is 6.83. The zero-order valence-electron chi connectivity index (χ0n) is 10.7. The average molecular weight is 366 g/mol. The Morgan fingerprint density at radius 3 is 2.75 bits per heavy atom.